The minimum atomic E-state index is -4.69. The molecule has 13 heteroatoms. The third kappa shape index (κ3) is 6.53. The average Bonchev–Trinajstić information content (AvgIpc) is 2.76. The Labute approximate surface area is 201 Å². The van der Waals surface area contributed by atoms with Crippen LogP contribution < -0.4 is 9.64 Å². The Morgan fingerprint density at radius 2 is 1.66 bits per heavy atom. The highest BCUT2D eigenvalue weighted by Gasteiger charge is 2.35. The van der Waals surface area contributed by atoms with Gasteiger partial charge in [0.15, 0.2) is 0 Å². The Balaban J connectivity index is 1.95. The Hall–Kier alpha value is -3.09. The molecular formula is C22H27F3N4O5S. The van der Waals surface area contributed by atoms with E-state index in [4.69, 9.17) is 9.47 Å². The molecule has 1 aliphatic rings. The van der Waals surface area contributed by atoms with E-state index in [1.165, 1.54) is 17.0 Å². The third-order valence-corrected chi connectivity index (χ3v) is 5.93. The zero-order valence-corrected chi connectivity index (χ0v) is 20.8. The van der Waals surface area contributed by atoms with Crippen LogP contribution in [0.3, 0.4) is 0 Å². The Bertz CT molecular complexity index is 1200. The first-order valence-corrected chi connectivity index (χ1v) is 12.6. The van der Waals surface area contributed by atoms with E-state index >= 15 is 0 Å². The number of halogens is 3. The highest BCUT2D eigenvalue weighted by molar-refractivity contribution is 7.90. The quantitative estimate of drug-likeness (QED) is 0.568. The van der Waals surface area contributed by atoms with Crippen LogP contribution in [-0.4, -0.2) is 74.5 Å². The van der Waals surface area contributed by atoms with Gasteiger partial charge in [-0.3, -0.25) is 0 Å². The van der Waals surface area contributed by atoms with Crippen molar-refractivity contribution in [2.24, 2.45) is 0 Å². The van der Waals surface area contributed by atoms with Gasteiger partial charge in [0.2, 0.25) is 15.0 Å². The van der Waals surface area contributed by atoms with Crippen molar-refractivity contribution < 1.29 is 35.9 Å². The normalized spacial score (nSPS) is 15.2. The number of ether oxygens (including phenoxy) is 2. The monoisotopic (exact) mass is 516 g/mol. The molecule has 1 aliphatic heterocycles. The van der Waals surface area contributed by atoms with Gasteiger partial charge in [0.05, 0.1) is 18.4 Å². The van der Waals surface area contributed by atoms with Gasteiger partial charge < -0.3 is 19.3 Å². The van der Waals surface area contributed by atoms with Crippen molar-refractivity contribution in [1.82, 2.24) is 14.9 Å². The summed E-state index contributed by atoms with van der Waals surface area (Å²) in [6, 6.07) is 4.81. The van der Waals surface area contributed by atoms with Gasteiger partial charge in [0.1, 0.15) is 17.2 Å². The number of aromatic nitrogens is 2. The third-order valence-electron chi connectivity index (χ3n) is 5.08. The van der Waals surface area contributed by atoms with Gasteiger partial charge in [0.25, 0.3) is 0 Å². The van der Waals surface area contributed by atoms with Crippen molar-refractivity contribution in [2.75, 3.05) is 44.4 Å². The lowest BCUT2D eigenvalue weighted by Gasteiger charge is -2.36. The van der Waals surface area contributed by atoms with Crippen molar-refractivity contribution in [3.8, 4) is 17.0 Å². The SMILES string of the molecule is COc1ccc(-c2cc(N3CCN(C(=O)OC(C)(C)C)CC3)nc(S(C)(=O)=O)n2)cc1C(F)(F)F. The molecule has 9 nitrogen and oxygen atoms in total. The molecule has 0 unspecified atom stereocenters. The summed E-state index contributed by atoms with van der Waals surface area (Å²) in [4.78, 5) is 23.7. The fraction of sp³-hybridized carbons (Fsp3) is 0.500. The molecule has 1 saturated heterocycles. The van der Waals surface area contributed by atoms with Gasteiger partial charge in [-0.05, 0) is 39.0 Å². The van der Waals surface area contributed by atoms with E-state index in [9.17, 15) is 26.4 Å². The summed E-state index contributed by atoms with van der Waals surface area (Å²) in [5.74, 6) is -0.138. The van der Waals surface area contributed by atoms with Crippen molar-refractivity contribution in [3.63, 3.8) is 0 Å². The number of nitrogens with zero attached hydrogens (tertiary/aromatic N) is 4. The summed E-state index contributed by atoms with van der Waals surface area (Å²) >= 11 is 0. The van der Waals surface area contributed by atoms with Crippen molar-refractivity contribution in [1.29, 1.82) is 0 Å². The zero-order valence-electron chi connectivity index (χ0n) is 20.0. The molecule has 0 atom stereocenters. The highest BCUT2D eigenvalue weighted by Crippen LogP contribution is 2.38. The fourth-order valence-electron chi connectivity index (χ4n) is 3.42. The number of sulfone groups is 1. The second-order valence-electron chi connectivity index (χ2n) is 9.03. The predicted octanol–water partition coefficient (Wildman–Crippen LogP) is 3.63. The number of alkyl halides is 3. The van der Waals surface area contributed by atoms with Crippen LogP contribution in [0.1, 0.15) is 26.3 Å². The van der Waals surface area contributed by atoms with E-state index in [-0.39, 0.29) is 22.8 Å². The van der Waals surface area contributed by atoms with Crippen molar-refractivity contribution in [3.05, 3.63) is 29.8 Å². The summed E-state index contributed by atoms with van der Waals surface area (Å²) in [6.45, 7) is 6.51. The molecule has 0 N–H and O–H groups in total. The standard InChI is InChI=1S/C22H27F3N4O5S/c1-21(2,3)34-20(30)29-10-8-28(9-11-29)18-13-16(26-19(27-18)35(5,31)32)14-6-7-17(33-4)15(12-14)22(23,24)25/h6-7,12-13H,8-11H2,1-5H3. The zero-order chi connectivity index (χ0) is 26.2. The maximum atomic E-state index is 13.5. The summed E-state index contributed by atoms with van der Waals surface area (Å²) in [6.07, 6.45) is -4.23. The molecule has 1 amide bonds. The molecule has 1 fully saturated rings. The van der Waals surface area contributed by atoms with Gasteiger partial charge in [-0.2, -0.15) is 13.2 Å². The Morgan fingerprint density at radius 3 is 2.17 bits per heavy atom. The molecule has 0 aliphatic carbocycles. The van der Waals surface area contributed by atoms with Crippen LogP contribution in [-0.2, 0) is 20.8 Å². The van der Waals surface area contributed by atoms with Crippen LogP contribution in [0.15, 0.2) is 29.4 Å². The summed E-state index contributed by atoms with van der Waals surface area (Å²) in [7, 11) is -2.74. The lowest BCUT2D eigenvalue weighted by Crippen LogP contribution is -2.50. The predicted molar refractivity (Wildman–Crippen MR) is 122 cm³/mol. The van der Waals surface area contributed by atoms with E-state index in [0.717, 1.165) is 25.5 Å². The van der Waals surface area contributed by atoms with Crippen LogP contribution in [0, 0.1) is 0 Å². The number of rotatable bonds is 4. The van der Waals surface area contributed by atoms with E-state index in [1.807, 2.05) is 0 Å². The Kier molecular flexibility index (Phi) is 7.21. The lowest BCUT2D eigenvalue weighted by atomic mass is 10.1. The second-order valence-corrected chi connectivity index (χ2v) is 10.9. The van der Waals surface area contributed by atoms with Gasteiger partial charge in [-0.15, -0.1) is 0 Å². The second kappa shape index (κ2) is 9.51. The molecule has 0 saturated carbocycles. The fourth-order valence-corrected chi connectivity index (χ4v) is 3.95. The van der Waals surface area contributed by atoms with Gasteiger partial charge in [-0.1, -0.05) is 0 Å². The van der Waals surface area contributed by atoms with Crippen LogP contribution in [0.25, 0.3) is 11.3 Å². The molecule has 0 bridgehead atoms. The van der Waals surface area contributed by atoms with Crippen LogP contribution in [0.2, 0.25) is 0 Å². The van der Waals surface area contributed by atoms with E-state index in [2.05, 4.69) is 9.97 Å². The Morgan fingerprint density at radius 1 is 1.03 bits per heavy atom. The minimum absolute atomic E-state index is 0.0122. The molecule has 3 rings (SSSR count). The van der Waals surface area contributed by atoms with Gasteiger partial charge in [-0.25, -0.2) is 23.2 Å². The molecule has 1 aromatic heterocycles. The van der Waals surface area contributed by atoms with E-state index < -0.39 is 38.4 Å². The number of piperazine rings is 1. The number of carbonyl (C=O) groups excluding carboxylic acids is 1. The number of benzene rings is 1. The largest absolute Gasteiger partial charge is 0.496 e. The van der Waals surface area contributed by atoms with E-state index in [1.54, 1.807) is 25.7 Å². The van der Waals surface area contributed by atoms with Gasteiger partial charge in [0, 0.05) is 44.1 Å². The molecule has 2 heterocycles. The molecule has 2 aromatic rings. The molecule has 192 valence electrons. The number of methoxy groups -OCH3 is 1. The molecule has 0 radical (unpaired) electrons. The first kappa shape index (κ1) is 26.5. The molecule has 1 aromatic carbocycles. The highest BCUT2D eigenvalue weighted by atomic mass is 32.2. The minimum Gasteiger partial charge on any atom is -0.496 e. The maximum Gasteiger partial charge on any atom is 0.419 e. The van der Waals surface area contributed by atoms with Crippen LogP contribution in [0.5, 0.6) is 5.75 Å². The molecule has 35 heavy (non-hydrogen) atoms. The summed E-state index contributed by atoms with van der Waals surface area (Å²) in [5.41, 5.74) is -1.59. The number of hydrogen-bond donors (Lipinski definition) is 0. The number of hydrogen-bond acceptors (Lipinski definition) is 8. The summed E-state index contributed by atoms with van der Waals surface area (Å²) in [5, 5.41) is -0.510. The van der Waals surface area contributed by atoms with Crippen molar-refractivity contribution >= 4 is 21.7 Å². The topological polar surface area (TPSA) is 102 Å². The number of amides is 1. The average molecular weight is 517 g/mol. The summed E-state index contributed by atoms with van der Waals surface area (Å²) < 4.78 is 75.2. The maximum absolute atomic E-state index is 13.5. The first-order chi connectivity index (χ1) is 16.1. The number of carbonyl (C=O) groups is 1. The van der Waals surface area contributed by atoms with E-state index in [0.29, 0.717) is 26.2 Å². The molecular weight excluding hydrogens is 489 g/mol. The molecule has 0 spiro atoms. The van der Waals surface area contributed by atoms with Crippen LogP contribution in [0.4, 0.5) is 23.8 Å². The number of anilines is 1. The van der Waals surface area contributed by atoms with Gasteiger partial charge >= 0.3 is 12.3 Å². The smallest absolute Gasteiger partial charge is 0.419 e. The van der Waals surface area contributed by atoms with Crippen molar-refractivity contribution in [2.45, 2.75) is 37.7 Å². The first-order valence-electron chi connectivity index (χ1n) is 10.7. The van der Waals surface area contributed by atoms with Crippen LogP contribution >= 0.6 is 0 Å². The lowest BCUT2D eigenvalue weighted by molar-refractivity contribution is -0.138.